The Bertz CT molecular complexity index is 1010. The fourth-order valence-electron chi connectivity index (χ4n) is 2.58. The van der Waals surface area contributed by atoms with Crippen molar-refractivity contribution in [2.24, 2.45) is 0 Å². The molecule has 0 aliphatic rings. The maximum absolute atomic E-state index is 13.7. The Morgan fingerprint density at radius 3 is 2.07 bits per heavy atom. The van der Waals surface area contributed by atoms with Crippen molar-refractivity contribution < 1.29 is 14.0 Å². The van der Waals surface area contributed by atoms with E-state index in [1.54, 1.807) is 30.3 Å². The summed E-state index contributed by atoms with van der Waals surface area (Å²) < 4.78 is 13.7. The Balaban J connectivity index is 1.76. The summed E-state index contributed by atoms with van der Waals surface area (Å²) in [4.78, 5) is 24.9. The molecular weight excluding hydrogens is 343 g/mol. The van der Waals surface area contributed by atoms with Crippen LogP contribution in [0.1, 0.15) is 31.8 Å². The summed E-state index contributed by atoms with van der Waals surface area (Å²) >= 11 is 0. The van der Waals surface area contributed by atoms with Gasteiger partial charge in [0, 0.05) is 16.8 Å². The minimum atomic E-state index is -0.519. The third kappa shape index (κ3) is 4.39. The van der Waals surface area contributed by atoms with E-state index in [-0.39, 0.29) is 17.2 Å². The van der Waals surface area contributed by atoms with E-state index >= 15 is 0 Å². The van der Waals surface area contributed by atoms with Crippen LogP contribution in [0.5, 0.6) is 0 Å². The van der Waals surface area contributed by atoms with Crippen molar-refractivity contribution >= 4 is 23.2 Å². The van der Waals surface area contributed by atoms with Crippen LogP contribution in [-0.4, -0.2) is 11.8 Å². The van der Waals surface area contributed by atoms with Crippen LogP contribution in [0.2, 0.25) is 0 Å². The molecular formula is C22H19FN2O2. The number of para-hydroxylation sites is 1. The molecule has 5 heteroatoms. The van der Waals surface area contributed by atoms with Gasteiger partial charge in [-0.2, -0.15) is 0 Å². The second-order valence-electron chi connectivity index (χ2n) is 6.27. The van der Waals surface area contributed by atoms with Crippen LogP contribution in [0.4, 0.5) is 15.8 Å². The monoisotopic (exact) mass is 362 g/mol. The van der Waals surface area contributed by atoms with Gasteiger partial charge in [0.15, 0.2) is 0 Å². The van der Waals surface area contributed by atoms with Crippen molar-refractivity contribution in [2.45, 2.75) is 13.8 Å². The molecule has 0 spiro atoms. The van der Waals surface area contributed by atoms with Gasteiger partial charge in [0.25, 0.3) is 11.8 Å². The van der Waals surface area contributed by atoms with E-state index in [4.69, 9.17) is 0 Å². The summed E-state index contributed by atoms with van der Waals surface area (Å²) in [5, 5.41) is 5.33. The maximum Gasteiger partial charge on any atom is 0.255 e. The topological polar surface area (TPSA) is 58.2 Å². The normalized spacial score (nSPS) is 10.3. The Morgan fingerprint density at radius 1 is 0.741 bits per heavy atom. The van der Waals surface area contributed by atoms with Gasteiger partial charge in [-0.1, -0.05) is 24.3 Å². The summed E-state index contributed by atoms with van der Waals surface area (Å²) in [6, 6.07) is 17.9. The molecule has 0 aromatic heterocycles. The van der Waals surface area contributed by atoms with Crippen molar-refractivity contribution in [3.8, 4) is 0 Å². The average molecular weight is 362 g/mol. The van der Waals surface area contributed by atoms with Crippen LogP contribution in [0.15, 0.2) is 66.7 Å². The highest BCUT2D eigenvalue weighted by molar-refractivity contribution is 6.08. The van der Waals surface area contributed by atoms with E-state index in [2.05, 4.69) is 10.6 Å². The second kappa shape index (κ2) is 7.83. The maximum atomic E-state index is 13.7. The van der Waals surface area contributed by atoms with Crippen molar-refractivity contribution in [3.05, 3.63) is 94.8 Å². The van der Waals surface area contributed by atoms with E-state index < -0.39 is 11.7 Å². The van der Waals surface area contributed by atoms with Crippen molar-refractivity contribution in [2.75, 3.05) is 10.6 Å². The molecule has 3 aromatic rings. The Kier molecular flexibility index (Phi) is 5.31. The highest BCUT2D eigenvalue weighted by atomic mass is 19.1. The summed E-state index contributed by atoms with van der Waals surface area (Å²) in [5.74, 6) is -1.32. The van der Waals surface area contributed by atoms with E-state index in [0.29, 0.717) is 11.3 Å². The lowest BCUT2D eigenvalue weighted by molar-refractivity contribution is 0.102. The summed E-state index contributed by atoms with van der Waals surface area (Å²) in [7, 11) is 0. The molecule has 3 rings (SSSR count). The van der Waals surface area contributed by atoms with Gasteiger partial charge in [0.1, 0.15) is 5.82 Å². The first-order chi connectivity index (χ1) is 12.9. The lowest BCUT2D eigenvalue weighted by atomic mass is 10.1. The molecule has 0 aliphatic heterocycles. The predicted molar refractivity (Wildman–Crippen MR) is 105 cm³/mol. The minimum absolute atomic E-state index is 0.0903. The molecule has 0 aliphatic carbocycles. The average Bonchev–Trinajstić information content (AvgIpc) is 2.66. The summed E-state index contributed by atoms with van der Waals surface area (Å²) in [5.41, 5.74) is 3.60. The van der Waals surface area contributed by atoms with Gasteiger partial charge in [0.2, 0.25) is 0 Å². The van der Waals surface area contributed by atoms with Crippen LogP contribution >= 0.6 is 0 Å². The first-order valence-corrected chi connectivity index (χ1v) is 8.48. The summed E-state index contributed by atoms with van der Waals surface area (Å²) in [6.45, 7) is 3.97. The van der Waals surface area contributed by atoms with Crippen LogP contribution in [0, 0.1) is 19.7 Å². The molecule has 0 bridgehead atoms. The number of rotatable bonds is 4. The molecule has 0 saturated heterocycles. The number of halogens is 1. The van der Waals surface area contributed by atoms with Gasteiger partial charge in [-0.05, 0) is 67.4 Å². The van der Waals surface area contributed by atoms with E-state index in [0.717, 1.165) is 11.1 Å². The van der Waals surface area contributed by atoms with E-state index in [1.165, 1.54) is 18.2 Å². The number of nitrogens with one attached hydrogen (secondary N) is 2. The number of amides is 2. The molecule has 0 heterocycles. The van der Waals surface area contributed by atoms with Gasteiger partial charge in [-0.25, -0.2) is 4.39 Å². The lowest BCUT2D eigenvalue weighted by Gasteiger charge is -2.09. The minimum Gasteiger partial charge on any atom is -0.322 e. The number of aryl methyl sites for hydroxylation is 2. The molecule has 0 atom stereocenters. The van der Waals surface area contributed by atoms with Crippen LogP contribution in [0.3, 0.4) is 0 Å². The zero-order valence-corrected chi connectivity index (χ0v) is 15.0. The molecule has 27 heavy (non-hydrogen) atoms. The molecule has 0 radical (unpaired) electrons. The Morgan fingerprint density at radius 2 is 1.41 bits per heavy atom. The highest BCUT2D eigenvalue weighted by Crippen LogP contribution is 2.17. The molecule has 2 N–H and O–H groups in total. The number of carbonyl (C=O) groups excluding carboxylic acids is 2. The van der Waals surface area contributed by atoms with Gasteiger partial charge < -0.3 is 10.6 Å². The van der Waals surface area contributed by atoms with Crippen LogP contribution in [-0.2, 0) is 0 Å². The molecule has 136 valence electrons. The first-order valence-electron chi connectivity index (χ1n) is 8.48. The Labute approximate surface area is 157 Å². The molecule has 0 unspecified atom stereocenters. The fraction of sp³-hybridized carbons (Fsp3) is 0.0909. The standard InChI is InChI=1S/C22H19FN2O2/c1-14-10-11-18(12-15(14)2)24-21(26)16-6-5-7-17(13-16)22(27)25-20-9-4-3-8-19(20)23/h3-13H,1-2H3,(H,24,26)(H,25,27). The highest BCUT2D eigenvalue weighted by Gasteiger charge is 2.12. The van der Waals surface area contributed by atoms with Gasteiger partial charge in [-0.3, -0.25) is 9.59 Å². The zero-order valence-electron chi connectivity index (χ0n) is 15.0. The number of carbonyl (C=O) groups is 2. The van der Waals surface area contributed by atoms with E-state index in [9.17, 15) is 14.0 Å². The number of anilines is 2. The zero-order chi connectivity index (χ0) is 19.4. The molecule has 0 saturated carbocycles. The number of benzene rings is 3. The third-order valence-corrected chi connectivity index (χ3v) is 4.27. The third-order valence-electron chi connectivity index (χ3n) is 4.27. The number of hydrogen-bond acceptors (Lipinski definition) is 2. The predicted octanol–water partition coefficient (Wildman–Crippen LogP) is 4.95. The van der Waals surface area contributed by atoms with Crippen molar-refractivity contribution in [3.63, 3.8) is 0 Å². The molecule has 4 nitrogen and oxygen atoms in total. The second-order valence-corrected chi connectivity index (χ2v) is 6.27. The van der Waals surface area contributed by atoms with Gasteiger partial charge in [0.05, 0.1) is 5.69 Å². The largest absolute Gasteiger partial charge is 0.322 e. The molecule has 2 amide bonds. The lowest BCUT2D eigenvalue weighted by Crippen LogP contribution is -2.16. The number of hydrogen-bond donors (Lipinski definition) is 2. The van der Waals surface area contributed by atoms with Gasteiger partial charge in [-0.15, -0.1) is 0 Å². The molecule has 0 fully saturated rings. The smallest absolute Gasteiger partial charge is 0.255 e. The van der Waals surface area contributed by atoms with Crippen LogP contribution in [0.25, 0.3) is 0 Å². The quantitative estimate of drug-likeness (QED) is 0.690. The van der Waals surface area contributed by atoms with Crippen molar-refractivity contribution in [1.82, 2.24) is 0 Å². The van der Waals surface area contributed by atoms with Crippen molar-refractivity contribution in [1.29, 1.82) is 0 Å². The fourth-order valence-corrected chi connectivity index (χ4v) is 2.58. The SMILES string of the molecule is Cc1ccc(NC(=O)c2cccc(C(=O)Nc3ccccc3F)c2)cc1C. The van der Waals surface area contributed by atoms with Gasteiger partial charge >= 0.3 is 0 Å². The molecule has 3 aromatic carbocycles. The summed E-state index contributed by atoms with van der Waals surface area (Å²) in [6.07, 6.45) is 0. The van der Waals surface area contributed by atoms with E-state index in [1.807, 2.05) is 32.0 Å². The van der Waals surface area contributed by atoms with Crippen LogP contribution < -0.4 is 10.6 Å². The Hall–Kier alpha value is -3.47. The first kappa shape index (κ1) is 18.3.